The number of aryl methyl sites for hydroxylation is 2. The SMILES string of the molecule is Cc1ccc(CCCC[C@H](N)C(=O)O)cc1. The second-order valence-corrected chi connectivity index (χ2v) is 4.18. The molecule has 16 heavy (non-hydrogen) atoms. The molecule has 0 aromatic heterocycles. The molecule has 3 heteroatoms. The fourth-order valence-electron chi connectivity index (χ4n) is 1.57. The highest BCUT2D eigenvalue weighted by Crippen LogP contribution is 2.09. The smallest absolute Gasteiger partial charge is 0.320 e. The van der Waals surface area contributed by atoms with Crippen molar-refractivity contribution in [2.75, 3.05) is 0 Å². The van der Waals surface area contributed by atoms with Crippen molar-refractivity contribution >= 4 is 5.97 Å². The number of rotatable bonds is 6. The first-order valence-electron chi connectivity index (χ1n) is 5.63. The van der Waals surface area contributed by atoms with E-state index in [0.29, 0.717) is 6.42 Å². The molecule has 1 rings (SSSR count). The molecule has 3 nitrogen and oxygen atoms in total. The number of carboxylic acid groups (broad SMARTS) is 1. The van der Waals surface area contributed by atoms with Gasteiger partial charge in [0.25, 0.3) is 0 Å². The lowest BCUT2D eigenvalue weighted by molar-refractivity contribution is -0.138. The lowest BCUT2D eigenvalue weighted by Crippen LogP contribution is -2.29. The predicted molar refractivity (Wildman–Crippen MR) is 64.3 cm³/mol. The molecule has 0 spiro atoms. The minimum absolute atomic E-state index is 0.557. The summed E-state index contributed by atoms with van der Waals surface area (Å²) in [6.07, 6.45) is 3.40. The van der Waals surface area contributed by atoms with Crippen LogP contribution in [-0.4, -0.2) is 17.1 Å². The normalized spacial score (nSPS) is 12.4. The molecule has 0 saturated carbocycles. The summed E-state index contributed by atoms with van der Waals surface area (Å²) in [5.74, 6) is -0.907. The number of carbonyl (C=O) groups is 1. The van der Waals surface area contributed by atoms with Crippen molar-refractivity contribution in [1.82, 2.24) is 0 Å². The van der Waals surface area contributed by atoms with Crippen molar-refractivity contribution in [3.63, 3.8) is 0 Å². The summed E-state index contributed by atoms with van der Waals surface area (Å²) in [7, 11) is 0. The zero-order chi connectivity index (χ0) is 12.0. The Morgan fingerprint density at radius 3 is 2.50 bits per heavy atom. The van der Waals surface area contributed by atoms with Crippen LogP contribution in [0.5, 0.6) is 0 Å². The molecule has 0 bridgehead atoms. The monoisotopic (exact) mass is 221 g/mol. The van der Waals surface area contributed by atoms with E-state index in [0.717, 1.165) is 19.3 Å². The van der Waals surface area contributed by atoms with Gasteiger partial charge >= 0.3 is 5.97 Å². The van der Waals surface area contributed by atoms with Gasteiger partial charge in [-0.3, -0.25) is 4.79 Å². The molecule has 88 valence electrons. The Hall–Kier alpha value is -1.35. The average molecular weight is 221 g/mol. The van der Waals surface area contributed by atoms with Crippen molar-refractivity contribution in [2.24, 2.45) is 5.73 Å². The highest BCUT2D eigenvalue weighted by atomic mass is 16.4. The lowest BCUT2D eigenvalue weighted by Gasteiger charge is -2.06. The maximum atomic E-state index is 10.5. The van der Waals surface area contributed by atoms with E-state index in [1.165, 1.54) is 11.1 Å². The van der Waals surface area contributed by atoms with Gasteiger partial charge in [-0.1, -0.05) is 36.2 Å². The van der Waals surface area contributed by atoms with Gasteiger partial charge in [-0.15, -0.1) is 0 Å². The summed E-state index contributed by atoms with van der Waals surface area (Å²) >= 11 is 0. The minimum Gasteiger partial charge on any atom is -0.480 e. The minimum atomic E-state index is -0.907. The van der Waals surface area contributed by atoms with E-state index >= 15 is 0 Å². The van der Waals surface area contributed by atoms with Crippen LogP contribution in [0.4, 0.5) is 0 Å². The van der Waals surface area contributed by atoms with Crippen LogP contribution < -0.4 is 5.73 Å². The molecule has 0 aliphatic rings. The Kier molecular flexibility index (Phi) is 4.99. The van der Waals surface area contributed by atoms with Crippen molar-refractivity contribution in [3.05, 3.63) is 35.4 Å². The highest BCUT2D eigenvalue weighted by Gasteiger charge is 2.09. The number of carboxylic acids is 1. The molecule has 0 unspecified atom stereocenters. The molecule has 0 aliphatic carbocycles. The largest absolute Gasteiger partial charge is 0.480 e. The van der Waals surface area contributed by atoms with Crippen molar-refractivity contribution in [3.8, 4) is 0 Å². The maximum absolute atomic E-state index is 10.5. The molecule has 0 fully saturated rings. The number of hydrogen-bond acceptors (Lipinski definition) is 2. The Morgan fingerprint density at radius 1 is 1.31 bits per heavy atom. The van der Waals surface area contributed by atoms with Gasteiger partial charge < -0.3 is 10.8 Å². The van der Waals surface area contributed by atoms with Crippen LogP contribution in [-0.2, 0) is 11.2 Å². The van der Waals surface area contributed by atoms with Gasteiger partial charge in [0.15, 0.2) is 0 Å². The first-order chi connectivity index (χ1) is 7.59. The van der Waals surface area contributed by atoms with Gasteiger partial charge in [0, 0.05) is 0 Å². The third-order valence-corrected chi connectivity index (χ3v) is 2.67. The summed E-state index contributed by atoms with van der Waals surface area (Å²) in [4.78, 5) is 10.5. The predicted octanol–water partition coefficient (Wildman–Crippen LogP) is 2.12. The molecule has 0 aliphatic heterocycles. The second kappa shape index (κ2) is 6.28. The summed E-state index contributed by atoms with van der Waals surface area (Å²) in [5.41, 5.74) is 7.98. The van der Waals surface area contributed by atoms with Crippen LogP contribution in [0.1, 0.15) is 30.4 Å². The second-order valence-electron chi connectivity index (χ2n) is 4.18. The fourth-order valence-corrected chi connectivity index (χ4v) is 1.57. The van der Waals surface area contributed by atoms with Gasteiger partial charge in [-0.25, -0.2) is 0 Å². The van der Waals surface area contributed by atoms with E-state index in [2.05, 4.69) is 31.2 Å². The topological polar surface area (TPSA) is 63.3 Å². The first-order valence-corrected chi connectivity index (χ1v) is 5.63. The Bertz CT molecular complexity index is 332. The Balaban J connectivity index is 2.21. The molecule has 1 atom stereocenters. The Labute approximate surface area is 96.3 Å². The van der Waals surface area contributed by atoms with Gasteiger partial charge in [0.2, 0.25) is 0 Å². The van der Waals surface area contributed by atoms with Gasteiger partial charge in [-0.05, 0) is 31.7 Å². The number of benzene rings is 1. The van der Waals surface area contributed by atoms with E-state index in [4.69, 9.17) is 10.8 Å². The van der Waals surface area contributed by atoms with Crippen LogP contribution in [0.3, 0.4) is 0 Å². The van der Waals surface area contributed by atoms with Crippen LogP contribution in [0.15, 0.2) is 24.3 Å². The molecule has 0 radical (unpaired) electrons. The summed E-state index contributed by atoms with van der Waals surface area (Å²) in [6, 6.07) is 7.72. The van der Waals surface area contributed by atoms with Crippen LogP contribution >= 0.6 is 0 Å². The van der Waals surface area contributed by atoms with E-state index in [9.17, 15) is 4.79 Å². The van der Waals surface area contributed by atoms with E-state index in [1.54, 1.807) is 0 Å². The zero-order valence-corrected chi connectivity index (χ0v) is 9.65. The standard InChI is InChI=1S/C13H19NO2/c1-10-6-8-11(9-7-10)4-2-3-5-12(14)13(15)16/h6-9,12H,2-5,14H2,1H3,(H,15,16)/t12-/m0/s1. The van der Waals surface area contributed by atoms with E-state index < -0.39 is 12.0 Å². The number of unbranched alkanes of at least 4 members (excludes halogenated alkanes) is 1. The van der Waals surface area contributed by atoms with Gasteiger partial charge in [-0.2, -0.15) is 0 Å². The van der Waals surface area contributed by atoms with E-state index in [-0.39, 0.29) is 0 Å². The van der Waals surface area contributed by atoms with Crippen molar-refractivity contribution in [2.45, 2.75) is 38.6 Å². The summed E-state index contributed by atoms with van der Waals surface area (Å²) in [6.45, 7) is 2.07. The third-order valence-electron chi connectivity index (χ3n) is 2.67. The van der Waals surface area contributed by atoms with E-state index in [1.807, 2.05) is 0 Å². The quantitative estimate of drug-likeness (QED) is 0.723. The molecule has 1 aromatic rings. The maximum Gasteiger partial charge on any atom is 0.320 e. The summed E-state index contributed by atoms with van der Waals surface area (Å²) in [5, 5.41) is 8.60. The number of aliphatic carboxylic acids is 1. The lowest BCUT2D eigenvalue weighted by atomic mass is 10.0. The molecular weight excluding hydrogens is 202 g/mol. The average Bonchev–Trinajstić information content (AvgIpc) is 2.26. The molecule has 0 saturated heterocycles. The third kappa shape index (κ3) is 4.45. The Morgan fingerprint density at radius 2 is 1.94 bits per heavy atom. The molecule has 0 amide bonds. The highest BCUT2D eigenvalue weighted by molar-refractivity contribution is 5.72. The molecule has 3 N–H and O–H groups in total. The van der Waals surface area contributed by atoms with Crippen LogP contribution in [0, 0.1) is 6.92 Å². The first kappa shape index (κ1) is 12.7. The van der Waals surface area contributed by atoms with Crippen molar-refractivity contribution < 1.29 is 9.90 Å². The number of hydrogen-bond donors (Lipinski definition) is 2. The van der Waals surface area contributed by atoms with Crippen molar-refractivity contribution in [1.29, 1.82) is 0 Å². The number of nitrogens with two attached hydrogens (primary N) is 1. The van der Waals surface area contributed by atoms with Crippen LogP contribution in [0.2, 0.25) is 0 Å². The van der Waals surface area contributed by atoms with Gasteiger partial charge in [0.1, 0.15) is 6.04 Å². The molecular formula is C13H19NO2. The molecule has 1 aromatic carbocycles. The molecule has 0 heterocycles. The zero-order valence-electron chi connectivity index (χ0n) is 9.65. The van der Waals surface area contributed by atoms with Gasteiger partial charge in [0.05, 0.1) is 0 Å². The fraction of sp³-hybridized carbons (Fsp3) is 0.462. The summed E-state index contributed by atoms with van der Waals surface area (Å²) < 4.78 is 0. The van der Waals surface area contributed by atoms with Crippen LogP contribution in [0.25, 0.3) is 0 Å².